The Bertz CT molecular complexity index is 1050. The number of para-hydroxylation sites is 2. The minimum absolute atomic E-state index is 0.0950. The molecule has 1 atom stereocenters. The highest BCUT2D eigenvalue weighted by Crippen LogP contribution is 2.27. The Labute approximate surface area is 174 Å². The van der Waals surface area contributed by atoms with E-state index in [1.54, 1.807) is 31.4 Å². The first-order valence-corrected chi connectivity index (χ1v) is 10.4. The molecule has 3 heterocycles. The number of amides is 2. The van der Waals surface area contributed by atoms with Gasteiger partial charge in [0.05, 0.1) is 43.3 Å². The number of fused-ring (bicyclic) bond motifs is 1. The van der Waals surface area contributed by atoms with Crippen molar-refractivity contribution in [2.24, 2.45) is 0 Å². The average molecular weight is 405 g/mol. The second-order valence-corrected chi connectivity index (χ2v) is 8.09. The van der Waals surface area contributed by atoms with Crippen LogP contribution in [0.5, 0.6) is 5.75 Å². The van der Waals surface area contributed by atoms with Crippen LogP contribution < -0.4 is 14.5 Å². The number of H-pyrrole nitrogens is 1. The first-order chi connectivity index (χ1) is 14.6. The summed E-state index contributed by atoms with van der Waals surface area (Å²) in [6.45, 7) is 1.73. The van der Waals surface area contributed by atoms with E-state index in [1.165, 1.54) is 9.80 Å². The van der Waals surface area contributed by atoms with Gasteiger partial charge in [0.1, 0.15) is 11.6 Å². The molecule has 2 aliphatic heterocycles. The summed E-state index contributed by atoms with van der Waals surface area (Å²) in [5, 5.41) is 0. The van der Waals surface area contributed by atoms with Gasteiger partial charge >= 0.3 is 0 Å². The fraction of sp³-hybridized carbons (Fsp3) is 0.348. The highest BCUT2D eigenvalue weighted by Gasteiger charge is 2.46. The minimum Gasteiger partial charge on any atom is -0.497 e. The van der Waals surface area contributed by atoms with E-state index in [0.29, 0.717) is 17.4 Å². The van der Waals surface area contributed by atoms with Crippen LogP contribution in [0.4, 0.5) is 5.69 Å². The lowest BCUT2D eigenvalue weighted by Gasteiger charge is -2.31. The van der Waals surface area contributed by atoms with Crippen molar-refractivity contribution in [2.75, 3.05) is 25.1 Å². The number of methoxy groups -OCH3 is 1. The molecule has 5 rings (SSSR count). The van der Waals surface area contributed by atoms with Crippen molar-refractivity contribution in [1.82, 2.24) is 9.97 Å². The van der Waals surface area contributed by atoms with E-state index in [1.807, 2.05) is 24.3 Å². The molecule has 3 aromatic rings. The molecule has 154 valence electrons. The molecule has 0 radical (unpaired) electrons. The van der Waals surface area contributed by atoms with Crippen LogP contribution in [0, 0.1) is 0 Å². The number of aromatic amines is 1. The quantitative estimate of drug-likeness (QED) is 0.647. The lowest BCUT2D eigenvalue weighted by molar-refractivity contribution is -0.920. The maximum absolute atomic E-state index is 13.1. The van der Waals surface area contributed by atoms with Gasteiger partial charge in [0.2, 0.25) is 5.91 Å². The Morgan fingerprint density at radius 1 is 1.07 bits per heavy atom. The van der Waals surface area contributed by atoms with Gasteiger partial charge in [-0.15, -0.1) is 0 Å². The maximum Gasteiger partial charge on any atom is 0.292 e. The van der Waals surface area contributed by atoms with Crippen LogP contribution in [0.3, 0.4) is 0 Å². The second-order valence-electron chi connectivity index (χ2n) is 8.09. The Kier molecular flexibility index (Phi) is 4.75. The largest absolute Gasteiger partial charge is 0.497 e. The molecule has 2 amide bonds. The van der Waals surface area contributed by atoms with Crippen molar-refractivity contribution in [3.05, 3.63) is 54.4 Å². The molecule has 0 spiro atoms. The number of benzene rings is 2. The summed E-state index contributed by atoms with van der Waals surface area (Å²) in [6.07, 6.45) is 2.18. The summed E-state index contributed by atoms with van der Waals surface area (Å²) < 4.78 is 5.17. The maximum atomic E-state index is 13.1. The Morgan fingerprint density at radius 3 is 2.50 bits per heavy atom. The number of rotatable bonds is 4. The van der Waals surface area contributed by atoms with Gasteiger partial charge in [-0.3, -0.25) is 9.59 Å². The van der Waals surface area contributed by atoms with Crippen LogP contribution in [0.25, 0.3) is 11.0 Å². The first kappa shape index (κ1) is 18.8. The Balaban J connectivity index is 1.26. The van der Waals surface area contributed by atoms with Crippen LogP contribution in [-0.2, 0) is 9.59 Å². The van der Waals surface area contributed by atoms with Crippen molar-refractivity contribution >= 4 is 28.5 Å². The van der Waals surface area contributed by atoms with Gasteiger partial charge in [0.25, 0.3) is 5.91 Å². The highest BCUT2D eigenvalue weighted by molar-refractivity contribution is 6.21. The van der Waals surface area contributed by atoms with Gasteiger partial charge in [-0.1, -0.05) is 12.1 Å². The Morgan fingerprint density at radius 2 is 1.80 bits per heavy atom. The minimum atomic E-state index is -0.295. The fourth-order valence-electron chi connectivity index (χ4n) is 4.73. The van der Waals surface area contributed by atoms with Crippen LogP contribution in [0.15, 0.2) is 48.5 Å². The lowest BCUT2D eigenvalue weighted by atomic mass is 9.95. The predicted molar refractivity (Wildman–Crippen MR) is 113 cm³/mol. The third-order valence-corrected chi connectivity index (χ3v) is 6.39. The molecular formula is C23H25N4O3+. The van der Waals surface area contributed by atoms with E-state index >= 15 is 0 Å². The monoisotopic (exact) mass is 405 g/mol. The molecular weight excluding hydrogens is 380 g/mol. The van der Waals surface area contributed by atoms with E-state index in [4.69, 9.17) is 9.72 Å². The zero-order chi connectivity index (χ0) is 20.7. The van der Waals surface area contributed by atoms with Crippen molar-refractivity contribution in [3.63, 3.8) is 0 Å². The SMILES string of the molecule is COc1ccc(N2C(=O)C[C@H]([NH+]3CCC(c4nc5ccccc5[nH]4)CC3)C2=O)cc1. The lowest BCUT2D eigenvalue weighted by Crippen LogP contribution is -3.17. The number of hydrogen-bond acceptors (Lipinski definition) is 4. The number of nitrogens with one attached hydrogen (secondary N) is 2. The molecule has 0 bridgehead atoms. The number of anilines is 1. The highest BCUT2D eigenvalue weighted by atomic mass is 16.5. The van der Waals surface area contributed by atoms with Crippen LogP contribution in [0.1, 0.15) is 31.0 Å². The Hall–Kier alpha value is -3.19. The van der Waals surface area contributed by atoms with Crippen LogP contribution in [-0.4, -0.2) is 48.0 Å². The number of aromatic nitrogens is 2. The molecule has 0 aliphatic carbocycles. The summed E-state index contributed by atoms with van der Waals surface area (Å²) in [5.41, 5.74) is 2.67. The van der Waals surface area contributed by atoms with Crippen molar-refractivity contribution < 1.29 is 19.2 Å². The zero-order valence-electron chi connectivity index (χ0n) is 16.9. The van der Waals surface area contributed by atoms with Crippen LogP contribution in [0.2, 0.25) is 0 Å². The molecule has 1 aromatic heterocycles. The number of piperidine rings is 1. The average Bonchev–Trinajstić information content (AvgIpc) is 3.34. The summed E-state index contributed by atoms with van der Waals surface area (Å²) in [5.74, 6) is 1.88. The van der Waals surface area contributed by atoms with E-state index in [0.717, 1.165) is 42.8 Å². The van der Waals surface area contributed by atoms with E-state index in [9.17, 15) is 9.59 Å². The fourth-order valence-corrected chi connectivity index (χ4v) is 4.73. The van der Waals surface area contributed by atoms with Crippen molar-refractivity contribution in [3.8, 4) is 5.75 Å². The molecule has 30 heavy (non-hydrogen) atoms. The van der Waals surface area contributed by atoms with E-state index in [-0.39, 0.29) is 24.3 Å². The standard InChI is InChI=1S/C23H24N4O3/c1-30-17-8-6-16(7-9-17)27-21(28)14-20(23(27)29)26-12-10-15(11-13-26)22-24-18-4-2-3-5-19(18)25-22/h2-9,15,20H,10-14H2,1H3,(H,24,25)/p+1/t20-/m0/s1. The normalized spacial score (nSPS) is 24.6. The smallest absolute Gasteiger partial charge is 0.292 e. The molecule has 2 N–H and O–H groups in total. The van der Waals surface area contributed by atoms with Gasteiger partial charge in [-0.05, 0) is 36.4 Å². The second kappa shape index (κ2) is 7.57. The number of carbonyl (C=O) groups excluding carboxylic acids is 2. The number of quaternary nitrogens is 1. The number of hydrogen-bond donors (Lipinski definition) is 2. The molecule has 0 unspecified atom stereocenters. The number of imide groups is 1. The molecule has 2 aliphatic rings. The summed E-state index contributed by atoms with van der Waals surface area (Å²) in [7, 11) is 1.59. The first-order valence-electron chi connectivity index (χ1n) is 10.4. The molecule has 2 fully saturated rings. The molecule has 7 heteroatoms. The third-order valence-electron chi connectivity index (χ3n) is 6.39. The van der Waals surface area contributed by atoms with Crippen molar-refractivity contribution in [2.45, 2.75) is 31.2 Å². The van der Waals surface area contributed by atoms with Crippen molar-refractivity contribution in [1.29, 1.82) is 0 Å². The number of imidazole rings is 1. The van der Waals surface area contributed by atoms with Crippen LogP contribution >= 0.6 is 0 Å². The number of ether oxygens (including phenoxy) is 1. The van der Waals surface area contributed by atoms with Gasteiger partial charge in [0.15, 0.2) is 6.04 Å². The number of likely N-dealkylation sites (tertiary alicyclic amines) is 1. The molecule has 2 aromatic carbocycles. The van der Waals surface area contributed by atoms with Gasteiger partial charge in [-0.25, -0.2) is 9.88 Å². The number of carbonyl (C=O) groups is 2. The summed E-state index contributed by atoms with van der Waals surface area (Å²) in [4.78, 5) is 36.4. The third kappa shape index (κ3) is 3.25. The van der Waals surface area contributed by atoms with Gasteiger partial charge in [-0.2, -0.15) is 0 Å². The molecule has 0 saturated carbocycles. The summed E-state index contributed by atoms with van der Waals surface area (Å²) in [6, 6.07) is 14.8. The zero-order valence-corrected chi connectivity index (χ0v) is 16.9. The predicted octanol–water partition coefficient (Wildman–Crippen LogP) is 1.67. The van der Waals surface area contributed by atoms with E-state index < -0.39 is 0 Å². The summed E-state index contributed by atoms with van der Waals surface area (Å²) >= 11 is 0. The number of nitrogens with zero attached hydrogens (tertiary/aromatic N) is 2. The van der Waals surface area contributed by atoms with E-state index in [2.05, 4.69) is 4.98 Å². The molecule has 2 saturated heterocycles. The van der Waals surface area contributed by atoms with Gasteiger partial charge < -0.3 is 14.6 Å². The van der Waals surface area contributed by atoms with Gasteiger partial charge in [0, 0.05) is 18.8 Å². The topological polar surface area (TPSA) is 79.7 Å². The molecule has 7 nitrogen and oxygen atoms in total.